The minimum absolute atomic E-state index is 0.0631. The second-order valence-corrected chi connectivity index (χ2v) is 6.20. The summed E-state index contributed by atoms with van der Waals surface area (Å²) in [5.74, 6) is 0. The number of hydrogen-bond acceptors (Lipinski definition) is 2. The lowest BCUT2D eigenvalue weighted by molar-refractivity contribution is -0.136. The highest BCUT2D eigenvalue weighted by atomic mass is 79.9. The van der Waals surface area contributed by atoms with E-state index in [2.05, 4.69) is 21.2 Å². The number of alkyl halides is 3. The minimum atomic E-state index is -4.11. The number of halogens is 4. The second-order valence-electron chi connectivity index (χ2n) is 5.34. The third-order valence-corrected chi connectivity index (χ3v) is 3.89. The molecule has 0 heterocycles. The van der Waals surface area contributed by atoms with Crippen molar-refractivity contribution >= 4 is 21.6 Å². The Morgan fingerprint density at radius 2 is 1.90 bits per heavy atom. The summed E-state index contributed by atoms with van der Waals surface area (Å²) in [6.07, 6.45) is -4.46. The zero-order chi connectivity index (χ0) is 15.4. The van der Waals surface area contributed by atoms with E-state index in [-0.39, 0.29) is 13.0 Å². The van der Waals surface area contributed by atoms with Crippen molar-refractivity contribution in [3.05, 3.63) is 28.2 Å². The minimum Gasteiger partial charge on any atom is -0.378 e. The largest absolute Gasteiger partial charge is 0.389 e. The predicted octanol–water partition coefficient (Wildman–Crippen LogP) is 4.62. The molecule has 0 aliphatic heterocycles. The van der Waals surface area contributed by atoms with Crippen LogP contribution >= 0.6 is 15.9 Å². The lowest BCUT2D eigenvalue weighted by Crippen LogP contribution is -2.42. The summed E-state index contributed by atoms with van der Waals surface area (Å²) in [7, 11) is 0. The Hall–Kier alpha value is -0.750. The van der Waals surface area contributed by atoms with Gasteiger partial charge in [-0.3, -0.25) is 0 Å². The van der Waals surface area contributed by atoms with Gasteiger partial charge >= 0.3 is 6.18 Å². The average molecular weight is 353 g/mol. The highest BCUT2D eigenvalue weighted by Crippen LogP contribution is 2.30. The summed E-state index contributed by atoms with van der Waals surface area (Å²) >= 11 is 3.43. The maximum Gasteiger partial charge on any atom is 0.389 e. The molecule has 1 rings (SSSR count). The van der Waals surface area contributed by atoms with Gasteiger partial charge in [0.05, 0.1) is 0 Å². The Bertz CT molecular complexity index is 449. The molecule has 0 saturated heterocycles. The zero-order valence-electron chi connectivity index (χ0n) is 11.6. The van der Waals surface area contributed by atoms with E-state index in [0.29, 0.717) is 6.42 Å². The topological polar surface area (TPSA) is 38.0 Å². The van der Waals surface area contributed by atoms with Crippen LogP contribution in [0.15, 0.2) is 22.7 Å². The van der Waals surface area contributed by atoms with Crippen LogP contribution < -0.4 is 11.1 Å². The van der Waals surface area contributed by atoms with Crippen molar-refractivity contribution in [2.45, 2.75) is 44.8 Å². The fraction of sp³-hybridized carbons (Fsp3) is 0.571. The van der Waals surface area contributed by atoms with Gasteiger partial charge in [0.15, 0.2) is 0 Å². The van der Waals surface area contributed by atoms with Crippen LogP contribution in [-0.2, 0) is 0 Å². The molecule has 2 nitrogen and oxygen atoms in total. The van der Waals surface area contributed by atoms with Crippen LogP contribution in [0.2, 0.25) is 0 Å². The second kappa shape index (κ2) is 6.80. The average Bonchev–Trinajstić information content (AvgIpc) is 2.32. The van der Waals surface area contributed by atoms with Crippen LogP contribution in [0.3, 0.4) is 0 Å². The summed E-state index contributed by atoms with van der Waals surface area (Å²) in [5, 5.41) is 3.26. The lowest BCUT2D eigenvalue weighted by Gasteiger charge is -2.31. The molecule has 0 aromatic heterocycles. The van der Waals surface area contributed by atoms with E-state index in [1.54, 1.807) is 0 Å². The van der Waals surface area contributed by atoms with Gasteiger partial charge in [0.2, 0.25) is 0 Å². The van der Waals surface area contributed by atoms with E-state index in [4.69, 9.17) is 5.73 Å². The Morgan fingerprint density at radius 1 is 1.25 bits per heavy atom. The van der Waals surface area contributed by atoms with Gasteiger partial charge in [0.1, 0.15) is 0 Å². The number of hydrogen-bond donors (Lipinski definition) is 2. The van der Waals surface area contributed by atoms with E-state index in [1.165, 1.54) is 0 Å². The maximum absolute atomic E-state index is 12.2. The Balaban J connectivity index is 2.71. The van der Waals surface area contributed by atoms with E-state index in [9.17, 15) is 13.2 Å². The van der Waals surface area contributed by atoms with Crippen LogP contribution in [0.5, 0.6) is 0 Å². The van der Waals surface area contributed by atoms with Gasteiger partial charge in [-0.15, -0.1) is 0 Å². The van der Waals surface area contributed by atoms with Crippen molar-refractivity contribution in [3.8, 4) is 0 Å². The molecule has 1 aromatic carbocycles. The molecule has 0 amide bonds. The lowest BCUT2D eigenvalue weighted by atomic mass is 9.94. The molecule has 1 unspecified atom stereocenters. The first kappa shape index (κ1) is 17.3. The molecule has 0 saturated carbocycles. The van der Waals surface area contributed by atoms with Crippen molar-refractivity contribution < 1.29 is 13.2 Å². The molecule has 114 valence electrons. The van der Waals surface area contributed by atoms with E-state index < -0.39 is 18.1 Å². The molecule has 6 heteroatoms. The smallest absolute Gasteiger partial charge is 0.378 e. The molecule has 0 fully saturated rings. The highest BCUT2D eigenvalue weighted by molar-refractivity contribution is 9.10. The monoisotopic (exact) mass is 352 g/mol. The third-order valence-electron chi connectivity index (χ3n) is 3.20. The number of benzene rings is 1. The molecule has 1 aromatic rings. The molecule has 0 bridgehead atoms. The standard InChI is InChI=1S/C14H20BrF3N2/c1-10-4-5-11(15)12(8-10)20-13(2,9-19)6-3-7-14(16,17)18/h4-5,8,20H,3,6-7,9,19H2,1-2H3. The number of aryl methyl sites for hydroxylation is 1. The summed E-state index contributed by atoms with van der Waals surface area (Å²) in [4.78, 5) is 0. The number of rotatable bonds is 6. The van der Waals surface area contributed by atoms with Gasteiger partial charge in [0, 0.05) is 28.7 Å². The fourth-order valence-electron chi connectivity index (χ4n) is 1.95. The molecule has 0 aliphatic rings. The van der Waals surface area contributed by atoms with Crippen LogP contribution in [-0.4, -0.2) is 18.3 Å². The van der Waals surface area contributed by atoms with Crippen LogP contribution in [0, 0.1) is 6.92 Å². The van der Waals surface area contributed by atoms with Crippen LogP contribution in [0.4, 0.5) is 18.9 Å². The van der Waals surface area contributed by atoms with Crippen molar-refractivity contribution in [1.82, 2.24) is 0 Å². The number of nitrogens with one attached hydrogen (secondary N) is 1. The van der Waals surface area contributed by atoms with Gasteiger partial charge in [-0.25, -0.2) is 0 Å². The van der Waals surface area contributed by atoms with E-state index >= 15 is 0 Å². The van der Waals surface area contributed by atoms with E-state index in [0.717, 1.165) is 15.7 Å². The molecule has 0 radical (unpaired) electrons. The zero-order valence-corrected chi connectivity index (χ0v) is 13.2. The van der Waals surface area contributed by atoms with Gasteiger partial charge in [-0.1, -0.05) is 6.07 Å². The number of anilines is 1. The van der Waals surface area contributed by atoms with Crippen molar-refractivity contribution in [2.24, 2.45) is 5.73 Å². The normalized spacial score (nSPS) is 14.9. The SMILES string of the molecule is Cc1ccc(Br)c(NC(C)(CN)CCCC(F)(F)F)c1. The maximum atomic E-state index is 12.2. The summed E-state index contributed by atoms with van der Waals surface area (Å²) in [5.41, 5.74) is 7.11. The van der Waals surface area contributed by atoms with Crippen molar-refractivity contribution in [2.75, 3.05) is 11.9 Å². The summed E-state index contributed by atoms with van der Waals surface area (Å²) in [6, 6.07) is 5.81. The molecular formula is C14H20BrF3N2. The third kappa shape index (κ3) is 5.71. The van der Waals surface area contributed by atoms with Crippen molar-refractivity contribution in [3.63, 3.8) is 0 Å². The fourth-order valence-corrected chi connectivity index (χ4v) is 2.30. The van der Waals surface area contributed by atoms with E-state index in [1.807, 2.05) is 32.0 Å². The predicted molar refractivity (Wildman–Crippen MR) is 79.9 cm³/mol. The molecule has 20 heavy (non-hydrogen) atoms. The molecule has 0 spiro atoms. The van der Waals surface area contributed by atoms with Crippen LogP contribution in [0.1, 0.15) is 31.7 Å². The molecule has 3 N–H and O–H groups in total. The Labute approximate surface area is 126 Å². The quantitative estimate of drug-likeness (QED) is 0.783. The molecule has 0 aliphatic carbocycles. The Morgan fingerprint density at radius 3 is 2.45 bits per heavy atom. The summed E-state index contributed by atoms with van der Waals surface area (Å²) < 4.78 is 37.5. The van der Waals surface area contributed by atoms with Crippen molar-refractivity contribution in [1.29, 1.82) is 0 Å². The van der Waals surface area contributed by atoms with Gasteiger partial charge in [0.25, 0.3) is 0 Å². The first-order valence-electron chi connectivity index (χ1n) is 6.46. The Kier molecular flexibility index (Phi) is 5.89. The van der Waals surface area contributed by atoms with Gasteiger partial charge in [-0.2, -0.15) is 13.2 Å². The van der Waals surface area contributed by atoms with Gasteiger partial charge < -0.3 is 11.1 Å². The number of nitrogens with two attached hydrogens (primary N) is 1. The first-order valence-corrected chi connectivity index (χ1v) is 7.26. The van der Waals surface area contributed by atoms with Crippen LogP contribution in [0.25, 0.3) is 0 Å². The summed E-state index contributed by atoms with van der Waals surface area (Å²) in [6.45, 7) is 4.07. The molecular weight excluding hydrogens is 333 g/mol. The first-order chi connectivity index (χ1) is 9.15. The molecule has 1 atom stereocenters. The van der Waals surface area contributed by atoms with Gasteiger partial charge in [-0.05, 0) is 60.3 Å². The highest BCUT2D eigenvalue weighted by Gasteiger charge is 2.29.